The van der Waals surface area contributed by atoms with E-state index in [4.69, 9.17) is 20.4 Å². The summed E-state index contributed by atoms with van der Waals surface area (Å²) in [5.74, 6) is -0.666. The maximum atomic E-state index is 10.1. The Hall–Kier alpha value is -0.650. The topological polar surface area (TPSA) is 98.0 Å². The molecule has 4 N–H and O–H groups in total. The van der Waals surface area contributed by atoms with Crippen LogP contribution in [-0.2, 0) is 4.79 Å². The molecule has 0 aliphatic carbocycles. The summed E-state index contributed by atoms with van der Waals surface area (Å²) in [6.45, 7) is 3.24. The molecule has 0 aromatic heterocycles. The van der Waals surface area contributed by atoms with Crippen LogP contribution in [0.15, 0.2) is 0 Å². The number of aliphatic hydroxyl groups excluding tert-OH is 3. The summed E-state index contributed by atoms with van der Waals surface area (Å²) < 4.78 is 0. The molecular weight excluding hydrogens is 248 g/mol. The molecule has 0 saturated carbocycles. The first-order chi connectivity index (χ1) is 8.95. The van der Waals surface area contributed by atoms with Crippen LogP contribution >= 0.6 is 0 Å². The van der Waals surface area contributed by atoms with Crippen molar-refractivity contribution in [2.45, 2.75) is 58.8 Å². The quantitative estimate of drug-likeness (QED) is 0.457. The predicted octanol–water partition coefficient (Wildman–Crippen LogP) is 1.79. The third-order valence-corrected chi connectivity index (χ3v) is 2.89. The van der Waals surface area contributed by atoms with Crippen molar-refractivity contribution in [3.05, 3.63) is 0 Å². The van der Waals surface area contributed by atoms with Gasteiger partial charge in [-0.15, -0.1) is 0 Å². The molecule has 19 heavy (non-hydrogen) atoms. The van der Waals surface area contributed by atoms with E-state index in [9.17, 15) is 4.79 Å². The normalized spacial score (nSPS) is 10.8. The number of rotatable bonds is 10. The van der Waals surface area contributed by atoms with Crippen molar-refractivity contribution in [1.82, 2.24) is 0 Å². The minimum atomic E-state index is -0.708. The first-order valence-corrected chi connectivity index (χ1v) is 7.00. The van der Waals surface area contributed by atoms with Crippen molar-refractivity contribution in [2.75, 3.05) is 19.8 Å². The Morgan fingerprint density at radius 2 is 1.32 bits per heavy atom. The molecule has 0 fully saturated rings. The molecule has 0 unspecified atom stereocenters. The molecule has 0 rings (SSSR count). The van der Waals surface area contributed by atoms with Crippen molar-refractivity contribution in [3.8, 4) is 0 Å². The van der Waals surface area contributed by atoms with E-state index in [1.165, 1.54) is 25.7 Å². The summed E-state index contributed by atoms with van der Waals surface area (Å²) in [4.78, 5) is 10.1. The van der Waals surface area contributed by atoms with E-state index in [-0.39, 0.29) is 19.8 Å². The molecule has 0 heterocycles. The molecule has 5 nitrogen and oxygen atoms in total. The van der Waals surface area contributed by atoms with Crippen LogP contribution in [0.4, 0.5) is 0 Å². The van der Waals surface area contributed by atoms with E-state index in [0.717, 1.165) is 12.8 Å². The highest BCUT2D eigenvalue weighted by molar-refractivity contribution is 5.66. The number of aliphatic hydroxyl groups is 3. The van der Waals surface area contributed by atoms with Gasteiger partial charge in [0.2, 0.25) is 0 Å². The van der Waals surface area contributed by atoms with Crippen LogP contribution in [0, 0.1) is 5.41 Å². The number of carboxylic acids is 1. The average Bonchev–Trinajstić information content (AvgIpc) is 2.42. The summed E-state index contributed by atoms with van der Waals surface area (Å²) in [6, 6.07) is 0. The summed E-state index contributed by atoms with van der Waals surface area (Å²) in [7, 11) is 0. The number of hydrogen-bond donors (Lipinski definition) is 4. The van der Waals surface area contributed by atoms with Gasteiger partial charge in [0, 0.05) is 11.8 Å². The first-order valence-electron chi connectivity index (χ1n) is 7.00. The summed E-state index contributed by atoms with van der Waals surface area (Å²) >= 11 is 0. The van der Waals surface area contributed by atoms with Gasteiger partial charge >= 0.3 is 5.97 Å². The Bertz CT molecular complexity index is 194. The molecule has 0 aliphatic heterocycles. The summed E-state index contributed by atoms with van der Waals surface area (Å²) in [5, 5.41) is 33.7. The van der Waals surface area contributed by atoms with Crippen LogP contribution in [0.2, 0.25) is 0 Å². The Kier molecular flexibility index (Phi) is 15.0. The second-order valence-electron chi connectivity index (χ2n) is 5.20. The van der Waals surface area contributed by atoms with Gasteiger partial charge in [-0.05, 0) is 6.42 Å². The smallest absolute Gasteiger partial charge is 0.303 e. The number of aliphatic carboxylic acids is 1. The van der Waals surface area contributed by atoms with Crippen LogP contribution in [0.3, 0.4) is 0 Å². The second-order valence-corrected chi connectivity index (χ2v) is 5.20. The standard InChI is InChI=1S/C9H18O2.C5H12O3/c1-2-3-4-5-6-7-8-9(10)11;1-5(2-6,3-7)4-8/h2-8H2,1H3,(H,10,11);6-8H,2-4H2,1H3. The van der Waals surface area contributed by atoms with Gasteiger partial charge in [0.15, 0.2) is 0 Å². The molecule has 0 saturated heterocycles. The maximum Gasteiger partial charge on any atom is 0.303 e. The molecule has 0 spiro atoms. The first kappa shape index (κ1) is 20.7. The lowest BCUT2D eigenvalue weighted by Crippen LogP contribution is -2.29. The molecule has 0 atom stereocenters. The van der Waals surface area contributed by atoms with Gasteiger partial charge < -0.3 is 20.4 Å². The van der Waals surface area contributed by atoms with Crippen molar-refractivity contribution in [1.29, 1.82) is 0 Å². The predicted molar refractivity (Wildman–Crippen MR) is 75.0 cm³/mol. The lowest BCUT2D eigenvalue weighted by Gasteiger charge is -2.20. The third-order valence-electron chi connectivity index (χ3n) is 2.89. The molecule has 0 amide bonds. The molecule has 0 aromatic rings. The molecule has 0 aromatic carbocycles. The zero-order valence-electron chi connectivity index (χ0n) is 12.3. The fourth-order valence-electron chi connectivity index (χ4n) is 1.21. The third kappa shape index (κ3) is 15.3. The van der Waals surface area contributed by atoms with Gasteiger partial charge in [-0.1, -0.05) is 46.0 Å². The van der Waals surface area contributed by atoms with E-state index < -0.39 is 11.4 Å². The minimum absolute atomic E-state index is 0.181. The van der Waals surface area contributed by atoms with E-state index in [1.807, 2.05) is 0 Å². The van der Waals surface area contributed by atoms with Gasteiger partial charge in [0.05, 0.1) is 19.8 Å². The van der Waals surface area contributed by atoms with Crippen molar-refractivity contribution in [3.63, 3.8) is 0 Å². The van der Waals surface area contributed by atoms with E-state index in [1.54, 1.807) is 6.92 Å². The summed E-state index contributed by atoms with van der Waals surface area (Å²) in [5.41, 5.74) is -0.708. The Morgan fingerprint density at radius 1 is 0.895 bits per heavy atom. The monoisotopic (exact) mass is 278 g/mol. The number of unbranched alkanes of at least 4 members (excludes halogenated alkanes) is 5. The SMILES string of the molecule is CC(CO)(CO)CO.CCCCCCCCC(=O)O. The van der Waals surface area contributed by atoms with Gasteiger partial charge in [-0.25, -0.2) is 0 Å². The molecular formula is C14H30O5. The van der Waals surface area contributed by atoms with Crippen LogP contribution < -0.4 is 0 Å². The molecule has 5 heteroatoms. The van der Waals surface area contributed by atoms with E-state index >= 15 is 0 Å². The van der Waals surface area contributed by atoms with E-state index in [2.05, 4.69) is 6.92 Å². The Labute approximate surface area is 116 Å². The van der Waals surface area contributed by atoms with Crippen molar-refractivity contribution >= 4 is 5.97 Å². The molecule has 0 aliphatic rings. The maximum absolute atomic E-state index is 10.1. The zero-order chi connectivity index (χ0) is 15.1. The number of carbonyl (C=O) groups is 1. The highest BCUT2D eigenvalue weighted by atomic mass is 16.4. The summed E-state index contributed by atoms with van der Waals surface area (Å²) in [6.07, 6.45) is 7.25. The van der Waals surface area contributed by atoms with Crippen molar-refractivity contribution < 1.29 is 25.2 Å². The number of carboxylic acid groups (broad SMARTS) is 1. The zero-order valence-corrected chi connectivity index (χ0v) is 12.3. The van der Waals surface area contributed by atoms with E-state index in [0.29, 0.717) is 6.42 Å². The highest BCUT2D eigenvalue weighted by Gasteiger charge is 2.20. The Balaban J connectivity index is 0. The van der Waals surface area contributed by atoms with Gasteiger partial charge in [0.25, 0.3) is 0 Å². The lowest BCUT2D eigenvalue weighted by molar-refractivity contribution is -0.137. The largest absolute Gasteiger partial charge is 0.481 e. The average molecular weight is 278 g/mol. The Morgan fingerprint density at radius 3 is 1.63 bits per heavy atom. The van der Waals surface area contributed by atoms with Crippen LogP contribution in [0.1, 0.15) is 58.8 Å². The highest BCUT2D eigenvalue weighted by Crippen LogP contribution is 2.11. The second kappa shape index (κ2) is 13.8. The van der Waals surface area contributed by atoms with Gasteiger partial charge in [0.1, 0.15) is 0 Å². The molecule has 116 valence electrons. The van der Waals surface area contributed by atoms with Gasteiger partial charge in [-0.3, -0.25) is 4.79 Å². The van der Waals surface area contributed by atoms with Crippen molar-refractivity contribution in [2.24, 2.45) is 5.41 Å². The lowest BCUT2D eigenvalue weighted by atomic mass is 9.95. The minimum Gasteiger partial charge on any atom is -0.481 e. The molecule has 0 radical (unpaired) electrons. The molecule has 0 bridgehead atoms. The van der Waals surface area contributed by atoms with Gasteiger partial charge in [-0.2, -0.15) is 0 Å². The van der Waals surface area contributed by atoms with Crippen LogP contribution in [0.25, 0.3) is 0 Å². The fraction of sp³-hybridized carbons (Fsp3) is 0.929. The van der Waals surface area contributed by atoms with Crippen LogP contribution in [0.5, 0.6) is 0 Å². The fourth-order valence-corrected chi connectivity index (χ4v) is 1.21. The number of hydrogen-bond acceptors (Lipinski definition) is 4. The van der Waals surface area contributed by atoms with Crippen LogP contribution in [-0.4, -0.2) is 46.2 Å².